The second kappa shape index (κ2) is 13.7. The molecule has 0 radical (unpaired) electrons. The monoisotopic (exact) mass is 639 g/mol. The van der Waals surface area contributed by atoms with Gasteiger partial charge in [0.1, 0.15) is 0 Å². The quantitative estimate of drug-likeness (QED) is 0.189. The molecular weight excluding hydrogens is 604 g/mol. The molecule has 0 saturated carbocycles. The molecule has 14 heteroatoms. The molecule has 2 aliphatic rings. The molecule has 1 atom stereocenters. The maximum Gasteiger partial charge on any atom is 0.416 e. The predicted molar refractivity (Wildman–Crippen MR) is 155 cm³/mol. The minimum atomic E-state index is -5.06. The molecule has 1 aromatic heterocycles. The van der Waals surface area contributed by atoms with Crippen molar-refractivity contribution in [1.29, 1.82) is 0 Å². The maximum absolute atomic E-state index is 13.7. The van der Waals surface area contributed by atoms with E-state index in [0.29, 0.717) is 57.2 Å². The number of H-pyrrole nitrogens is 1. The zero-order valence-corrected chi connectivity index (χ0v) is 24.7. The van der Waals surface area contributed by atoms with Gasteiger partial charge >= 0.3 is 12.4 Å². The van der Waals surface area contributed by atoms with E-state index in [1.54, 1.807) is 0 Å². The molecule has 244 valence electrons. The maximum atomic E-state index is 13.7. The van der Waals surface area contributed by atoms with Crippen LogP contribution in [0.25, 0.3) is 10.9 Å². The second-order valence-electron chi connectivity index (χ2n) is 11.2. The van der Waals surface area contributed by atoms with E-state index in [4.69, 9.17) is 9.57 Å². The predicted octanol–water partition coefficient (Wildman–Crippen LogP) is 5.29. The molecule has 1 unspecified atom stereocenters. The average molecular weight is 640 g/mol. The summed E-state index contributed by atoms with van der Waals surface area (Å²) >= 11 is 0. The van der Waals surface area contributed by atoms with Crippen LogP contribution < -0.4 is 5.48 Å². The Morgan fingerprint density at radius 3 is 2.36 bits per heavy atom. The number of carbonyl (C=O) groups excluding carboxylic acids is 1. The number of aromatic nitrogens is 1. The van der Waals surface area contributed by atoms with E-state index in [-0.39, 0.29) is 12.6 Å². The number of nitrogens with zero attached hydrogens (tertiary/aromatic N) is 3. The van der Waals surface area contributed by atoms with Crippen LogP contribution in [0.2, 0.25) is 0 Å². The number of ether oxygens (including phenoxy) is 1. The highest BCUT2D eigenvalue weighted by Gasteiger charge is 2.39. The number of nitrogens with one attached hydrogen (secondary N) is 2. The molecular formula is C31H35F6N5O3. The number of hydrogen-bond acceptors (Lipinski definition) is 6. The number of piperazine rings is 1. The van der Waals surface area contributed by atoms with E-state index < -0.39 is 41.0 Å². The van der Waals surface area contributed by atoms with Crippen LogP contribution in [0, 0.1) is 0 Å². The number of halogens is 6. The van der Waals surface area contributed by atoms with Crippen molar-refractivity contribution in [2.75, 3.05) is 59.1 Å². The van der Waals surface area contributed by atoms with Crippen molar-refractivity contribution in [3.05, 3.63) is 82.8 Å². The van der Waals surface area contributed by atoms with Gasteiger partial charge in [0.25, 0.3) is 5.91 Å². The Hall–Kier alpha value is -3.75. The third-order valence-electron chi connectivity index (χ3n) is 7.87. The third-order valence-corrected chi connectivity index (χ3v) is 7.87. The number of para-hydroxylation sites is 1. The van der Waals surface area contributed by atoms with Gasteiger partial charge in [-0.1, -0.05) is 18.2 Å². The molecule has 2 aromatic carbocycles. The van der Waals surface area contributed by atoms with Crippen LogP contribution in [0.4, 0.5) is 26.3 Å². The molecule has 0 spiro atoms. The van der Waals surface area contributed by atoms with E-state index >= 15 is 0 Å². The van der Waals surface area contributed by atoms with Gasteiger partial charge in [-0.25, -0.2) is 0 Å². The molecule has 2 saturated heterocycles. The Balaban J connectivity index is 1.34. The fraction of sp³-hybridized carbons (Fsp3) is 0.452. The van der Waals surface area contributed by atoms with Crippen LogP contribution in [0.3, 0.4) is 0 Å². The minimum absolute atomic E-state index is 0.0281. The molecule has 8 nitrogen and oxygen atoms in total. The highest BCUT2D eigenvalue weighted by molar-refractivity contribution is 5.95. The first kappa shape index (κ1) is 32.6. The first-order chi connectivity index (χ1) is 21.4. The average Bonchev–Trinajstić information content (AvgIpc) is 3.41. The van der Waals surface area contributed by atoms with E-state index in [1.165, 1.54) is 4.90 Å². The van der Waals surface area contributed by atoms with Gasteiger partial charge in [0.2, 0.25) is 0 Å². The van der Waals surface area contributed by atoms with Crippen molar-refractivity contribution < 1.29 is 40.7 Å². The third kappa shape index (κ3) is 8.50. The van der Waals surface area contributed by atoms with Gasteiger partial charge in [0.05, 0.1) is 42.7 Å². The smallest absolute Gasteiger partial charge is 0.379 e. The number of carbonyl (C=O) groups is 1. The van der Waals surface area contributed by atoms with E-state index in [0.717, 1.165) is 36.2 Å². The van der Waals surface area contributed by atoms with Crippen molar-refractivity contribution in [2.24, 2.45) is 0 Å². The van der Waals surface area contributed by atoms with Crippen molar-refractivity contribution in [1.82, 2.24) is 25.2 Å². The Morgan fingerprint density at radius 1 is 1.00 bits per heavy atom. The van der Waals surface area contributed by atoms with Crippen LogP contribution in [0.5, 0.6) is 0 Å². The highest BCUT2D eigenvalue weighted by atomic mass is 19.4. The lowest BCUT2D eigenvalue weighted by Gasteiger charge is -2.41. The molecule has 5 rings (SSSR count). The Morgan fingerprint density at radius 2 is 1.69 bits per heavy atom. The van der Waals surface area contributed by atoms with Crippen LogP contribution in [0.1, 0.15) is 34.1 Å². The molecule has 0 bridgehead atoms. The van der Waals surface area contributed by atoms with Gasteiger partial charge in [-0.2, -0.15) is 26.3 Å². The standard InChI is InChI=1S/C31H35F6N5O3/c1-21(39-45-13-10-40-8-11-44-12-9-40)19-41-6-7-42(27(20-41)18-26-16-22-4-2-3-5-28(22)38-26)29(43)23-14-24(30(32,33)34)17-25(15-23)31(35,36)37/h2-5,14-17,19,27,38-39H,6-13,18,20H2,1H3. The second-order valence-corrected chi connectivity index (χ2v) is 11.2. The molecule has 45 heavy (non-hydrogen) atoms. The summed E-state index contributed by atoms with van der Waals surface area (Å²) < 4.78 is 86.7. The van der Waals surface area contributed by atoms with Crippen molar-refractivity contribution in [2.45, 2.75) is 31.7 Å². The SMILES string of the molecule is CC(=CN1CCN(C(=O)c2cc(C(F)(F)F)cc(C(F)(F)F)c2)C(Cc2cc3ccccc3[nH]2)C1)NOCCN1CCOCC1. The number of fused-ring (bicyclic) bond motifs is 1. The molecule has 0 aliphatic carbocycles. The van der Waals surface area contributed by atoms with Crippen LogP contribution in [-0.4, -0.2) is 90.7 Å². The molecule has 3 heterocycles. The number of allylic oxidation sites excluding steroid dienone is 1. The summed E-state index contributed by atoms with van der Waals surface area (Å²) in [4.78, 5) is 28.1. The molecule has 2 N–H and O–H groups in total. The Labute approximate surface area is 256 Å². The fourth-order valence-electron chi connectivity index (χ4n) is 5.64. The number of alkyl halides is 6. The van der Waals surface area contributed by atoms with Gasteiger partial charge in [0.15, 0.2) is 0 Å². The topological polar surface area (TPSA) is 73.1 Å². The summed E-state index contributed by atoms with van der Waals surface area (Å²) in [6.07, 6.45) is -7.98. The van der Waals surface area contributed by atoms with Crippen LogP contribution in [0.15, 0.2) is 60.4 Å². The number of benzene rings is 2. The van der Waals surface area contributed by atoms with E-state index in [2.05, 4.69) is 15.4 Å². The summed E-state index contributed by atoms with van der Waals surface area (Å²) in [6.45, 7) is 6.77. The molecule has 3 aromatic rings. The largest absolute Gasteiger partial charge is 0.416 e. The van der Waals surface area contributed by atoms with Gasteiger partial charge in [-0.15, -0.1) is 0 Å². The number of hydroxylamine groups is 1. The van der Waals surface area contributed by atoms with Gasteiger partial charge < -0.3 is 19.5 Å². The highest BCUT2D eigenvalue weighted by Crippen LogP contribution is 2.37. The zero-order valence-electron chi connectivity index (χ0n) is 24.7. The normalized spacial score (nSPS) is 18.9. The number of aromatic amines is 1. The van der Waals surface area contributed by atoms with E-state index in [1.807, 2.05) is 48.4 Å². The molecule has 2 fully saturated rings. The van der Waals surface area contributed by atoms with Crippen molar-refractivity contribution in [3.8, 4) is 0 Å². The zero-order chi connectivity index (χ0) is 32.2. The summed E-state index contributed by atoms with van der Waals surface area (Å²) in [7, 11) is 0. The van der Waals surface area contributed by atoms with Gasteiger partial charge in [-0.3, -0.25) is 20.0 Å². The summed E-state index contributed by atoms with van der Waals surface area (Å²) in [5.41, 5.74) is 1.57. The number of amides is 1. The lowest BCUT2D eigenvalue weighted by atomic mass is 10.0. The Kier molecular flexibility index (Phi) is 9.94. The Bertz CT molecular complexity index is 1430. The van der Waals surface area contributed by atoms with Crippen LogP contribution >= 0.6 is 0 Å². The minimum Gasteiger partial charge on any atom is -0.379 e. The summed E-state index contributed by atoms with van der Waals surface area (Å²) in [5, 5.41) is 0.944. The van der Waals surface area contributed by atoms with Crippen molar-refractivity contribution >= 4 is 16.8 Å². The summed E-state index contributed by atoms with van der Waals surface area (Å²) in [6, 6.07) is 9.95. The lowest BCUT2D eigenvalue weighted by Crippen LogP contribution is -2.54. The summed E-state index contributed by atoms with van der Waals surface area (Å²) in [5.74, 6) is -0.891. The van der Waals surface area contributed by atoms with Gasteiger partial charge in [0, 0.05) is 68.7 Å². The fourth-order valence-corrected chi connectivity index (χ4v) is 5.64. The number of hydrogen-bond donors (Lipinski definition) is 2. The van der Waals surface area contributed by atoms with Crippen LogP contribution in [-0.2, 0) is 28.3 Å². The van der Waals surface area contributed by atoms with Gasteiger partial charge in [-0.05, 0) is 42.6 Å². The van der Waals surface area contributed by atoms with Crippen molar-refractivity contribution in [3.63, 3.8) is 0 Å². The lowest BCUT2D eigenvalue weighted by molar-refractivity contribution is -0.143. The molecule has 2 aliphatic heterocycles. The number of rotatable bonds is 9. The first-order valence-electron chi connectivity index (χ1n) is 14.6. The first-order valence-corrected chi connectivity index (χ1v) is 14.6. The van der Waals surface area contributed by atoms with E-state index in [9.17, 15) is 31.1 Å². The number of morpholine rings is 1. The molecule has 1 amide bonds.